The second kappa shape index (κ2) is 9.53. The number of imidazole rings is 1. The van der Waals surface area contributed by atoms with Crippen LogP contribution in [0, 0.1) is 0 Å². The Labute approximate surface area is 156 Å². The second-order valence-corrected chi connectivity index (χ2v) is 7.38. The normalized spacial score (nSPS) is 17.3. The van der Waals surface area contributed by atoms with Crippen molar-refractivity contribution in [3.8, 4) is 0 Å². The van der Waals surface area contributed by atoms with E-state index in [4.69, 9.17) is 5.73 Å². The first-order valence-corrected chi connectivity index (χ1v) is 9.81. The van der Waals surface area contributed by atoms with E-state index in [0.717, 1.165) is 25.1 Å². The first-order valence-electron chi connectivity index (χ1n) is 9.81. The van der Waals surface area contributed by atoms with Gasteiger partial charge in [-0.2, -0.15) is 0 Å². The number of hydrogen-bond acceptors (Lipinski definition) is 3. The fourth-order valence-corrected chi connectivity index (χ4v) is 3.62. The molecular weight excluding hydrogens is 324 g/mol. The molecule has 1 aliphatic carbocycles. The molecule has 5 nitrogen and oxygen atoms in total. The quantitative estimate of drug-likeness (QED) is 0.837. The highest BCUT2D eigenvalue weighted by Crippen LogP contribution is 2.17. The van der Waals surface area contributed by atoms with Crippen LogP contribution in [0.15, 0.2) is 42.9 Å². The molecule has 3 rings (SSSR count). The third kappa shape index (κ3) is 5.70. The molecule has 1 heterocycles. The van der Waals surface area contributed by atoms with Crippen molar-refractivity contribution in [1.29, 1.82) is 0 Å². The maximum atomic E-state index is 12.4. The van der Waals surface area contributed by atoms with Gasteiger partial charge in [0.25, 0.3) is 0 Å². The zero-order valence-electron chi connectivity index (χ0n) is 15.4. The van der Waals surface area contributed by atoms with Crippen LogP contribution in [0.2, 0.25) is 0 Å². The van der Waals surface area contributed by atoms with Gasteiger partial charge in [0.1, 0.15) is 0 Å². The average molecular weight is 354 g/mol. The van der Waals surface area contributed by atoms with Gasteiger partial charge in [0, 0.05) is 25.2 Å². The standard InChI is InChI=1S/C21H30N4O/c22-20(21(26)24-18-11-7-2-1-3-8-12-18)13-19-15-25(16-23-19)14-17-9-5-4-6-10-17/h4-6,9-10,15-16,18,20H,1-3,7-8,11-14,22H2,(H,24,26)/t20-/m0/s1. The highest BCUT2D eigenvalue weighted by Gasteiger charge is 2.20. The number of carbonyl (C=O) groups excluding carboxylic acids is 1. The number of nitrogens with two attached hydrogens (primary N) is 1. The monoisotopic (exact) mass is 354 g/mol. The van der Waals surface area contributed by atoms with Crippen molar-refractivity contribution in [2.24, 2.45) is 5.73 Å². The molecular formula is C21H30N4O. The average Bonchev–Trinajstić information content (AvgIpc) is 3.04. The van der Waals surface area contributed by atoms with Gasteiger partial charge in [-0.25, -0.2) is 4.98 Å². The Kier molecular flexibility index (Phi) is 6.83. The summed E-state index contributed by atoms with van der Waals surface area (Å²) in [6.07, 6.45) is 12.7. The highest BCUT2D eigenvalue weighted by molar-refractivity contribution is 5.82. The lowest BCUT2D eigenvalue weighted by molar-refractivity contribution is -0.123. The topological polar surface area (TPSA) is 72.9 Å². The second-order valence-electron chi connectivity index (χ2n) is 7.38. The van der Waals surface area contributed by atoms with E-state index in [2.05, 4.69) is 22.4 Å². The van der Waals surface area contributed by atoms with E-state index >= 15 is 0 Å². The van der Waals surface area contributed by atoms with Crippen LogP contribution in [0.1, 0.15) is 56.2 Å². The zero-order chi connectivity index (χ0) is 18.2. The Morgan fingerprint density at radius 1 is 1.15 bits per heavy atom. The van der Waals surface area contributed by atoms with E-state index in [9.17, 15) is 4.79 Å². The van der Waals surface area contributed by atoms with Crippen LogP contribution in [-0.2, 0) is 17.8 Å². The molecule has 1 saturated carbocycles. The van der Waals surface area contributed by atoms with E-state index in [1.54, 1.807) is 0 Å². The molecule has 0 saturated heterocycles. The lowest BCUT2D eigenvalue weighted by atomic mass is 9.96. The minimum atomic E-state index is -0.541. The molecule has 1 aromatic carbocycles. The van der Waals surface area contributed by atoms with Crippen LogP contribution in [0.3, 0.4) is 0 Å². The molecule has 1 aromatic heterocycles. The maximum absolute atomic E-state index is 12.4. The minimum absolute atomic E-state index is 0.0480. The molecule has 2 aromatic rings. The van der Waals surface area contributed by atoms with Crippen LogP contribution in [-0.4, -0.2) is 27.5 Å². The Bertz CT molecular complexity index is 674. The number of amides is 1. The number of rotatable bonds is 6. The third-order valence-corrected chi connectivity index (χ3v) is 5.11. The van der Waals surface area contributed by atoms with Gasteiger partial charge >= 0.3 is 0 Å². The summed E-state index contributed by atoms with van der Waals surface area (Å²) in [6, 6.07) is 9.99. The summed E-state index contributed by atoms with van der Waals surface area (Å²) in [6.45, 7) is 0.775. The molecule has 26 heavy (non-hydrogen) atoms. The maximum Gasteiger partial charge on any atom is 0.237 e. The molecule has 0 spiro atoms. The molecule has 3 N–H and O–H groups in total. The Balaban J connectivity index is 1.49. The summed E-state index contributed by atoms with van der Waals surface area (Å²) in [5.41, 5.74) is 8.22. The van der Waals surface area contributed by atoms with Gasteiger partial charge in [-0.3, -0.25) is 4.79 Å². The van der Waals surface area contributed by atoms with Crippen molar-refractivity contribution in [2.45, 2.75) is 70.0 Å². The van der Waals surface area contributed by atoms with E-state index in [1.165, 1.54) is 37.7 Å². The number of nitrogens with one attached hydrogen (secondary N) is 1. The van der Waals surface area contributed by atoms with Crippen LogP contribution >= 0.6 is 0 Å². The van der Waals surface area contributed by atoms with Gasteiger partial charge in [0.05, 0.1) is 18.1 Å². The van der Waals surface area contributed by atoms with E-state index in [-0.39, 0.29) is 11.9 Å². The van der Waals surface area contributed by atoms with Gasteiger partial charge in [0.15, 0.2) is 0 Å². The molecule has 140 valence electrons. The van der Waals surface area contributed by atoms with Gasteiger partial charge in [0.2, 0.25) is 5.91 Å². The number of carbonyl (C=O) groups is 1. The number of nitrogens with zero attached hydrogens (tertiary/aromatic N) is 2. The molecule has 0 radical (unpaired) electrons. The van der Waals surface area contributed by atoms with Crippen molar-refractivity contribution in [3.05, 3.63) is 54.1 Å². The lowest BCUT2D eigenvalue weighted by Gasteiger charge is -2.22. The summed E-state index contributed by atoms with van der Waals surface area (Å²) < 4.78 is 2.03. The SMILES string of the molecule is N[C@@H](Cc1cn(Cc2ccccc2)cn1)C(=O)NC1CCCCCCC1. The summed E-state index contributed by atoms with van der Waals surface area (Å²) >= 11 is 0. The first kappa shape index (κ1) is 18.6. The summed E-state index contributed by atoms with van der Waals surface area (Å²) in [5, 5.41) is 3.15. The van der Waals surface area contributed by atoms with Crippen molar-refractivity contribution in [2.75, 3.05) is 0 Å². The smallest absolute Gasteiger partial charge is 0.237 e. The summed E-state index contributed by atoms with van der Waals surface area (Å²) in [4.78, 5) is 16.9. The predicted molar refractivity (Wildman–Crippen MR) is 104 cm³/mol. The summed E-state index contributed by atoms with van der Waals surface area (Å²) in [7, 11) is 0. The van der Waals surface area contributed by atoms with E-state index < -0.39 is 6.04 Å². The van der Waals surface area contributed by atoms with Crippen LogP contribution in [0.5, 0.6) is 0 Å². The lowest BCUT2D eigenvalue weighted by Crippen LogP contribution is -2.46. The van der Waals surface area contributed by atoms with Crippen LogP contribution < -0.4 is 11.1 Å². The fourth-order valence-electron chi connectivity index (χ4n) is 3.62. The third-order valence-electron chi connectivity index (χ3n) is 5.11. The molecule has 0 bridgehead atoms. The Hall–Kier alpha value is -2.14. The fraction of sp³-hybridized carbons (Fsp3) is 0.524. The predicted octanol–water partition coefficient (Wildman–Crippen LogP) is 3.03. The van der Waals surface area contributed by atoms with Gasteiger partial charge in [-0.05, 0) is 18.4 Å². The van der Waals surface area contributed by atoms with Gasteiger partial charge in [-0.1, -0.05) is 62.4 Å². The molecule has 1 atom stereocenters. The van der Waals surface area contributed by atoms with Crippen LogP contribution in [0.25, 0.3) is 0 Å². The summed E-state index contributed by atoms with van der Waals surface area (Å²) in [5.74, 6) is -0.0480. The Morgan fingerprint density at radius 3 is 2.58 bits per heavy atom. The highest BCUT2D eigenvalue weighted by atomic mass is 16.2. The van der Waals surface area contributed by atoms with Crippen LogP contribution in [0.4, 0.5) is 0 Å². The van der Waals surface area contributed by atoms with Crippen molar-refractivity contribution in [3.63, 3.8) is 0 Å². The van der Waals surface area contributed by atoms with Gasteiger partial charge in [-0.15, -0.1) is 0 Å². The van der Waals surface area contributed by atoms with Crippen molar-refractivity contribution >= 4 is 5.91 Å². The molecule has 1 aliphatic rings. The van der Waals surface area contributed by atoms with Gasteiger partial charge < -0.3 is 15.6 Å². The van der Waals surface area contributed by atoms with E-state index in [1.807, 2.05) is 35.3 Å². The van der Waals surface area contributed by atoms with Crippen molar-refractivity contribution in [1.82, 2.24) is 14.9 Å². The Morgan fingerprint density at radius 2 is 1.85 bits per heavy atom. The largest absolute Gasteiger partial charge is 0.352 e. The van der Waals surface area contributed by atoms with E-state index in [0.29, 0.717) is 6.42 Å². The minimum Gasteiger partial charge on any atom is -0.352 e. The zero-order valence-corrected chi connectivity index (χ0v) is 15.4. The number of benzene rings is 1. The molecule has 1 fully saturated rings. The molecule has 1 amide bonds. The number of hydrogen-bond donors (Lipinski definition) is 2. The molecule has 0 aliphatic heterocycles. The number of aromatic nitrogens is 2. The molecule has 5 heteroatoms. The molecule has 0 unspecified atom stereocenters. The first-order chi connectivity index (χ1) is 12.7. The van der Waals surface area contributed by atoms with Crippen molar-refractivity contribution < 1.29 is 4.79 Å².